The number of nitrogens with zero attached hydrogens (tertiary/aromatic N) is 2. The zero-order valence-corrected chi connectivity index (χ0v) is 16.5. The van der Waals surface area contributed by atoms with Crippen molar-refractivity contribution in [2.75, 3.05) is 0 Å². The van der Waals surface area contributed by atoms with Crippen LogP contribution < -0.4 is 5.32 Å². The highest BCUT2D eigenvalue weighted by molar-refractivity contribution is 6.30. The molecule has 29 heavy (non-hydrogen) atoms. The van der Waals surface area contributed by atoms with E-state index in [0.717, 1.165) is 16.6 Å². The molecule has 0 aliphatic heterocycles. The van der Waals surface area contributed by atoms with Gasteiger partial charge in [0.25, 0.3) is 5.91 Å². The zero-order chi connectivity index (χ0) is 20.4. The number of imidazole rings is 1. The van der Waals surface area contributed by atoms with Gasteiger partial charge in [0.2, 0.25) is 0 Å². The number of carbonyl (C=O) groups excluding carboxylic acids is 1. The lowest BCUT2D eigenvalue weighted by molar-refractivity contribution is 0.0939. The van der Waals surface area contributed by atoms with Crippen molar-refractivity contribution in [1.29, 1.82) is 0 Å². The van der Waals surface area contributed by atoms with Gasteiger partial charge in [0.15, 0.2) is 0 Å². The molecule has 1 amide bonds. The maximum Gasteiger partial charge on any atom is 0.251 e. The normalized spacial score (nSPS) is 12.1. The fourth-order valence-corrected chi connectivity index (χ4v) is 3.43. The van der Waals surface area contributed by atoms with Crippen LogP contribution in [-0.2, 0) is 6.54 Å². The predicted octanol–water partition coefficient (Wildman–Crippen LogP) is 5.37. The number of rotatable bonds is 5. The quantitative estimate of drug-likeness (QED) is 0.483. The number of carbonyl (C=O) groups is 1. The third-order valence-electron chi connectivity index (χ3n) is 4.87. The third kappa shape index (κ3) is 4.15. The second-order valence-corrected chi connectivity index (χ2v) is 7.36. The highest BCUT2D eigenvalue weighted by atomic mass is 35.5. The van der Waals surface area contributed by atoms with Gasteiger partial charge < -0.3 is 9.88 Å². The van der Waals surface area contributed by atoms with Crippen molar-refractivity contribution in [3.8, 4) is 0 Å². The van der Waals surface area contributed by atoms with E-state index < -0.39 is 6.04 Å². The van der Waals surface area contributed by atoms with Gasteiger partial charge in [-0.1, -0.05) is 41.9 Å². The van der Waals surface area contributed by atoms with Gasteiger partial charge in [-0.05, 0) is 48.9 Å². The van der Waals surface area contributed by atoms with Crippen LogP contribution in [0.2, 0.25) is 5.02 Å². The summed E-state index contributed by atoms with van der Waals surface area (Å²) in [6.45, 7) is 2.42. The Kier molecular flexibility index (Phi) is 5.32. The Bertz CT molecular complexity index is 1170. The molecule has 1 N–H and O–H groups in total. The van der Waals surface area contributed by atoms with Crippen LogP contribution in [0.25, 0.3) is 11.0 Å². The molecule has 0 saturated carbocycles. The number of fused-ring (bicyclic) bond motifs is 1. The molecule has 0 saturated heterocycles. The van der Waals surface area contributed by atoms with Gasteiger partial charge in [0, 0.05) is 22.7 Å². The lowest BCUT2D eigenvalue weighted by Crippen LogP contribution is -2.27. The van der Waals surface area contributed by atoms with Crippen molar-refractivity contribution in [2.24, 2.45) is 0 Å². The standard InChI is InChI=1S/C23H19ClFN3O/c1-15(19-4-2-3-5-20(19)25)27-23(29)17-8-11-22-21(12-17)26-14-28(22)13-16-6-9-18(24)10-7-16/h2-12,14-15H,13H2,1H3,(H,27,29). The molecule has 4 rings (SSSR count). The summed E-state index contributed by atoms with van der Waals surface area (Å²) in [4.78, 5) is 17.1. The molecule has 0 fully saturated rings. The smallest absolute Gasteiger partial charge is 0.251 e. The first kappa shape index (κ1) is 19.2. The van der Waals surface area contributed by atoms with Gasteiger partial charge in [-0.3, -0.25) is 4.79 Å². The summed E-state index contributed by atoms with van der Waals surface area (Å²) in [5, 5.41) is 3.54. The highest BCUT2D eigenvalue weighted by Gasteiger charge is 2.15. The Hall–Kier alpha value is -3.18. The average Bonchev–Trinajstić information content (AvgIpc) is 3.12. The SMILES string of the molecule is CC(NC(=O)c1ccc2c(c1)ncn2Cc1ccc(Cl)cc1)c1ccccc1F. The molecular weight excluding hydrogens is 389 g/mol. The van der Waals surface area contributed by atoms with E-state index in [1.165, 1.54) is 6.07 Å². The minimum Gasteiger partial charge on any atom is -0.345 e. The van der Waals surface area contributed by atoms with E-state index in [1.54, 1.807) is 43.6 Å². The summed E-state index contributed by atoms with van der Waals surface area (Å²) in [7, 11) is 0. The maximum atomic E-state index is 13.9. The Morgan fingerprint density at radius 2 is 1.90 bits per heavy atom. The summed E-state index contributed by atoms with van der Waals surface area (Å²) in [6, 6.07) is 19.0. The minimum atomic E-state index is -0.443. The maximum absolute atomic E-state index is 13.9. The fraction of sp³-hybridized carbons (Fsp3) is 0.130. The Balaban J connectivity index is 1.52. The number of benzene rings is 3. The molecule has 0 bridgehead atoms. The number of hydrogen-bond donors (Lipinski definition) is 1. The van der Waals surface area contributed by atoms with Crippen LogP contribution in [0.15, 0.2) is 73.1 Å². The largest absolute Gasteiger partial charge is 0.345 e. The van der Waals surface area contributed by atoms with E-state index in [2.05, 4.69) is 10.3 Å². The Morgan fingerprint density at radius 1 is 1.14 bits per heavy atom. The van der Waals surface area contributed by atoms with Gasteiger partial charge >= 0.3 is 0 Å². The Labute approximate surface area is 173 Å². The third-order valence-corrected chi connectivity index (χ3v) is 5.12. The number of amides is 1. The molecule has 0 radical (unpaired) electrons. The van der Waals surface area contributed by atoms with Gasteiger partial charge in [0.1, 0.15) is 5.82 Å². The van der Waals surface area contributed by atoms with Crippen molar-refractivity contribution in [3.05, 3.63) is 101 Å². The first-order chi connectivity index (χ1) is 14.0. The summed E-state index contributed by atoms with van der Waals surface area (Å²) in [6.07, 6.45) is 1.75. The van der Waals surface area contributed by atoms with Gasteiger partial charge in [-0.25, -0.2) is 9.37 Å². The summed E-state index contributed by atoms with van der Waals surface area (Å²) >= 11 is 5.94. The van der Waals surface area contributed by atoms with E-state index in [1.807, 2.05) is 34.9 Å². The van der Waals surface area contributed by atoms with E-state index in [-0.39, 0.29) is 11.7 Å². The second kappa shape index (κ2) is 8.05. The van der Waals surface area contributed by atoms with Crippen LogP contribution in [-0.4, -0.2) is 15.5 Å². The summed E-state index contributed by atoms with van der Waals surface area (Å²) in [5.41, 5.74) is 3.70. The Morgan fingerprint density at radius 3 is 2.66 bits per heavy atom. The molecular formula is C23H19ClFN3O. The molecule has 146 valence electrons. The van der Waals surface area contributed by atoms with E-state index >= 15 is 0 Å². The van der Waals surface area contributed by atoms with E-state index in [4.69, 9.17) is 11.6 Å². The lowest BCUT2D eigenvalue weighted by atomic mass is 10.1. The molecule has 0 aliphatic carbocycles. The van der Waals surface area contributed by atoms with Gasteiger partial charge in [-0.2, -0.15) is 0 Å². The predicted molar refractivity (Wildman–Crippen MR) is 113 cm³/mol. The summed E-state index contributed by atoms with van der Waals surface area (Å²) < 4.78 is 15.9. The van der Waals surface area contributed by atoms with Crippen LogP contribution in [0.5, 0.6) is 0 Å². The number of nitrogens with one attached hydrogen (secondary N) is 1. The topological polar surface area (TPSA) is 46.9 Å². The molecule has 1 unspecified atom stereocenters. The molecule has 4 nitrogen and oxygen atoms in total. The molecule has 1 aromatic heterocycles. The first-order valence-electron chi connectivity index (χ1n) is 9.26. The van der Waals surface area contributed by atoms with Crippen molar-refractivity contribution >= 4 is 28.5 Å². The van der Waals surface area contributed by atoms with Crippen LogP contribution in [0.1, 0.15) is 34.5 Å². The van der Waals surface area contributed by atoms with E-state index in [0.29, 0.717) is 22.7 Å². The number of aromatic nitrogens is 2. The van der Waals surface area contributed by atoms with Crippen LogP contribution >= 0.6 is 11.6 Å². The summed E-state index contributed by atoms with van der Waals surface area (Å²) in [5.74, 6) is -0.605. The number of halogens is 2. The molecule has 0 spiro atoms. The molecule has 0 aliphatic rings. The van der Waals surface area contributed by atoms with Crippen molar-refractivity contribution in [2.45, 2.75) is 19.5 Å². The van der Waals surface area contributed by atoms with Crippen molar-refractivity contribution in [3.63, 3.8) is 0 Å². The number of hydrogen-bond acceptors (Lipinski definition) is 2. The van der Waals surface area contributed by atoms with Crippen molar-refractivity contribution < 1.29 is 9.18 Å². The molecule has 3 aromatic carbocycles. The van der Waals surface area contributed by atoms with E-state index in [9.17, 15) is 9.18 Å². The monoisotopic (exact) mass is 407 g/mol. The fourth-order valence-electron chi connectivity index (χ4n) is 3.30. The molecule has 1 atom stereocenters. The highest BCUT2D eigenvalue weighted by Crippen LogP contribution is 2.20. The zero-order valence-electron chi connectivity index (χ0n) is 15.8. The second-order valence-electron chi connectivity index (χ2n) is 6.92. The molecule has 1 heterocycles. The van der Waals surface area contributed by atoms with Crippen LogP contribution in [0, 0.1) is 5.82 Å². The first-order valence-corrected chi connectivity index (χ1v) is 9.63. The van der Waals surface area contributed by atoms with Crippen LogP contribution in [0.4, 0.5) is 4.39 Å². The lowest BCUT2D eigenvalue weighted by Gasteiger charge is -2.15. The van der Waals surface area contributed by atoms with Gasteiger partial charge in [0.05, 0.1) is 23.4 Å². The van der Waals surface area contributed by atoms with Crippen molar-refractivity contribution in [1.82, 2.24) is 14.9 Å². The molecule has 6 heteroatoms. The van der Waals surface area contributed by atoms with Crippen LogP contribution in [0.3, 0.4) is 0 Å². The molecule has 4 aromatic rings. The average molecular weight is 408 g/mol. The van der Waals surface area contributed by atoms with Gasteiger partial charge in [-0.15, -0.1) is 0 Å². The minimum absolute atomic E-state index is 0.269.